The number of carbonyl (C=O) groups excluding carboxylic acids is 2. The SMILES string of the molecule is CCN(CC)C(=O)c1sc(NC(=S)N2CCN(c3cccc(C)c3C)CC2)c(C(=O)OC)c1C. The van der Waals surface area contributed by atoms with Gasteiger partial charge in [-0.3, -0.25) is 4.79 Å². The van der Waals surface area contributed by atoms with Crippen LogP contribution in [-0.4, -0.2) is 73.2 Å². The highest BCUT2D eigenvalue weighted by Gasteiger charge is 2.29. The monoisotopic (exact) mass is 502 g/mol. The lowest BCUT2D eigenvalue weighted by atomic mass is 10.1. The van der Waals surface area contributed by atoms with Crippen LogP contribution < -0.4 is 10.2 Å². The summed E-state index contributed by atoms with van der Waals surface area (Å²) in [6, 6.07) is 6.40. The molecule has 1 aromatic carbocycles. The molecule has 1 aromatic heterocycles. The molecule has 1 aliphatic rings. The first-order valence-corrected chi connectivity index (χ1v) is 12.8. The van der Waals surface area contributed by atoms with Gasteiger partial charge in [-0.15, -0.1) is 11.3 Å². The van der Waals surface area contributed by atoms with Crippen LogP contribution in [-0.2, 0) is 4.74 Å². The Balaban J connectivity index is 1.76. The van der Waals surface area contributed by atoms with Crippen LogP contribution in [0.5, 0.6) is 0 Å². The highest BCUT2D eigenvalue weighted by molar-refractivity contribution is 7.80. The van der Waals surface area contributed by atoms with E-state index in [1.165, 1.54) is 35.3 Å². The predicted octanol–water partition coefficient (Wildman–Crippen LogP) is 4.46. The molecule has 184 valence electrons. The zero-order chi connectivity index (χ0) is 25.0. The van der Waals surface area contributed by atoms with Crippen LogP contribution >= 0.6 is 23.6 Å². The molecule has 7 nitrogen and oxygen atoms in total. The number of ether oxygens (including phenoxy) is 1. The number of nitrogens with zero attached hydrogens (tertiary/aromatic N) is 3. The summed E-state index contributed by atoms with van der Waals surface area (Å²) in [6.45, 7) is 14.4. The second kappa shape index (κ2) is 11.2. The lowest BCUT2D eigenvalue weighted by molar-refractivity contribution is 0.0601. The number of thiocarbonyl (C=S) groups is 1. The molecule has 0 spiro atoms. The third-order valence-electron chi connectivity index (χ3n) is 6.49. The van der Waals surface area contributed by atoms with E-state index in [0.717, 1.165) is 26.2 Å². The van der Waals surface area contributed by atoms with Gasteiger partial charge >= 0.3 is 5.97 Å². The van der Waals surface area contributed by atoms with E-state index < -0.39 is 5.97 Å². The smallest absolute Gasteiger partial charge is 0.341 e. The highest BCUT2D eigenvalue weighted by atomic mass is 32.1. The maximum absolute atomic E-state index is 13.0. The second-order valence-electron chi connectivity index (χ2n) is 8.35. The number of hydrogen-bond donors (Lipinski definition) is 1. The Hall–Kier alpha value is -2.65. The lowest BCUT2D eigenvalue weighted by Crippen LogP contribution is -2.50. The van der Waals surface area contributed by atoms with E-state index in [4.69, 9.17) is 17.0 Å². The summed E-state index contributed by atoms with van der Waals surface area (Å²) in [7, 11) is 1.35. The van der Waals surface area contributed by atoms with E-state index in [-0.39, 0.29) is 5.91 Å². The van der Waals surface area contributed by atoms with Gasteiger partial charge < -0.3 is 24.8 Å². The summed E-state index contributed by atoms with van der Waals surface area (Å²) < 4.78 is 5.01. The minimum atomic E-state index is -0.475. The second-order valence-corrected chi connectivity index (χ2v) is 9.76. The Bertz CT molecular complexity index is 1070. The first kappa shape index (κ1) is 26.0. The van der Waals surface area contributed by atoms with Crippen molar-refractivity contribution in [2.75, 3.05) is 56.6 Å². The molecule has 1 N–H and O–H groups in total. The zero-order valence-electron chi connectivity index (χ0n) is 20.9. The Labute approximate surface area is 211 Å². The quantitative estimate of drug-likeness (QED) is 0.462. The molecule has 0 saturated carbocycles. The molecule has 1 aliphatic heterocycles. The van der Waals surface area contributed by atoms with Crippen molar-refractivity contribution in [3.05, 3.63) is 45.3 Å². The fourth-order valence-corrected chi connectivity index (χ4v) is 5.72. The van der Waals surface area contributed by atoms with Crippen molar-refractivity contribution in [1.82, 2.24) is 9.80 Å². The Morgan fingerprint density at radius 1 is 1.09 bits per heavy atom. The van der Waals surface area contributed by atoms with Crippen LogP contribution in [0.1, 0.15) is 50.6 Å². The normalized spacial score (nSPS) is 13.6. The van der Waals surface area contributed by atoms with E-state index in [9.17, 15) is 9.59 Å². The van der Waals surface area contributed by atoms with Crippen molar-refractivity contribution >= 4 is 51.2 Å². The maximum atomic E-state index is 13.0. The van der Waals surface area contributed by atoms with Gasteiger partial charge in [-0.2, -0.15) is 0 Å². The van der Waals surface area contributed by atoms with Gasteiger partial charge in [0.2, 0.25) is 0 Å². The molecule has 0 aliphatic carbocycles. The number of methoxy groups -OCH3 is 1. The predicted molar refractivity (Wildman–Crippen MR) is 144 cm³/mol. The van der Waals surface area contributed by atoms with Crippen molar-refractivity contribution in [1.29, 1.82) is 0 Å². The van der Waals surface area contributed by atoms with Gasteiger partial charge in [0.1, 0.15) is 5.00 Å². The van der Waals surface area contributed by atoms with Crippen LogP contribution in [0.3, 0.4) is 0 Å². The number of thiophene rings is 1. The maximum Gasteiger partial charge on any atom is 0.341 e. The molecular weight excluding hydrogens is 468 g/mol. The van der Waals surface area contributed by atoms with Gasteiger partial charge in [0.05, 0.1) is 17.6 Å². The number of aryl methyl sites for hydroxylation is 1. The number of piperazine rings is 1. The van der Waals surface area contributed by atoms with Crippen LogP contribution in [0.15, 0.2) is 18.2 Å². The van der Waals surface area contributed by atoms with E-state index in [1.54, 1.807) is 11.8 Å². The molecule has 3 rings (SSSR count). The van der Waals surface area contributed by atoms with Gasteiger partial charge in [-0.1, -0.05) is 12.1 Å². The number of anilines is 2. The molecular formula is C25H34N4O3S2. The van der Waals surface area contributed by atoms with Crippen molar-refractivity contribution in [3.63, 3.8) is 0 Å². The first-order valence-electron chi connectivity index (χ1n) is 11.6. The van der Waals surface area contributed by atoms with Crippen LogP contribution in [0.2, 0.25) is 0 Å². The van der Waals surface area contributed by atoms with Crippen molar-refractivity contribution in [2.45, 2.75) is 34.6 Å². The molecule has 2 heterocycles. The molecule has 0 radical (unpaired) electrons. The van der Waals surface area contributed by atoms with Crippen molar-refractivity contribution in [3.8, 4) is 0 Å². The minimum Gasteiger partial charge on any atom is -0.465 e. The molecule has 0 unspecified atom stereocenters. The summed E-state index contributed by atoms with van der Waals surface area (Å²) in [4.78, 5) is 32.4. The Kier molecular flexibility index (Phi) is 8.54. The molecule has 1 fully saturated rings. The average Bonchev–Trinajstić information content (AvgIpc) is 3.16. The fraction of sp³-hybridized carbons (Fsp3) is 0.480. The van der Waals surface area contributed by atoms with Crippen LogP contribution in [0.25, 0.3) is 0 Å². The van der Waals surface area contributed by atoms with Gasteiger partial charge in [-0.25, -0.2) is 4.79 Å². The molecule has 1 saturated heterocycles. The van der Waals surface area contributed by atoms with E-state index >= 15 is 0 Å². The summed E-state index contributed by atoms with van der Waals surface area (Å²) in [5, 5.41) is 4.35. The van der Waals surface area contributed by atoms with Crippen molar-refractivity contribution in [2.24, 2.45) is 0 Å². The number of hydrogen-bond acceptors (Lipinski definition) is 6. The fourth-order valence-electron chi connectivity index (χ4n) is 4.21. The number of amides is 1. The molecule has 2 aromatic rings. The van der Waals surface area contributed by atoms with Gasteiger partial charge in [0.15, 0.2) is 5.11 Å². The summed E-state index contributed by atoms with van der Waals surface area (Å²) in [5.41, 5.74) is 4.85. The molecule has 0 atom stereocenters. The average molecular weight is 503 g/mol. The minimum absolute atomic E-state index is 0.0845. The number of nitrogens with one attached hydrogen (secondary N) is 1. The number of carbonyl (C=O) groups is 2. The largest absolute Gasteiger partial charge is 0.465 e. The van der Waals surface area contributed by atoms with Crippen LogP contribution in [0, 0.1) is 20.8 Å². The standard InChI is InChI=1S/C25H34N4O3S2/c1-7-27(8-2)23(30)21-18(5)20(24(31)32-6)22(34-21)26-25(33)29-14-12-28(13-15-29)19-11-9-10-16(3)17(19)4/h9-11H,7-8,12-15H2,1-6H3,(H,26,33). The summed E-state index contributed by atoms with van der Waals surface area (Å²) >= 11 is 6.97. The third kappa shape index (κ3) is 5.20. The summed E-state index contributed by atoms with van der Waals surface area (Å²) in [6.07, 6.45) is 0. The number of rotatable bonds is 6. The third-order valence-corrected chi connectivity index (χ3v) is 8.04. The lowest BCUT2D eigenvalue weighted by Gasteiger charge is -2.38. The molecule has 9 heteroatoms. The molecule has 34 heavy (non-hydrogen) atoms. The van der Waals surface area contributed by atoms with Crippen molar-refractivity contribution < 1.29 is 14.3 Å². The van der Waals surface area contributed by atoms with E-state index in [1.807, 2.05) is 13.8 Å². The number of esters is 1. The van der Waals surface area contributed by atoms with E-state index in [0.29, 0.717) is 39.2 Å². The summed E-state index contributed by atoms with van der Waals surface area (Å²) in [5.74, 6) is -0.559. The molecule has 0 bridgehead atoms. The number of benzene rings is 1. The zero-order valence-corrected chi connectivity index (χ0v) is 22.5. The first-order chi connectivity index (χ1) is 16.2. The Morgan fingerprint density at radius 2 is 1.74 bits per heavy atom. The Morgan fingerprint density at radius 3 is 2.32 bits per heavy atom. The topological polar surface area (TPSA) is 65.1 Å². The van der Waals surface area contributed by atoms with Gasteiger partial charge in [-0.05, 0) is 69.6 Å². The van der Waals surface area contributed by atoms with Crippen LogP contribution in [0.4, 0.5) is 10.7 Å². The van der Waals surface area contributed by atoms with Gasteiger partial charge in [0.25, 0.3) is 5.91 Å². The van der Waals surface area contributed by atoms with E-state index in [2.05, 4.69) is 47.2 Å². The molecule has 1 amide bonds. The highest BCUT2D eigenvalue weighted by Crippen LogP contribution is 2.35. The van der Waals surface area contributed by atoms with Gasteiger partial charge in [0, 0.05) is 45.0 Å².